The maximum Gasteiger partial charge on any atom is 0.186 e. The first-order valence-electron chi connectivity index (χ1n) is 8.13. The summed E-state index contributed by atoms with van der Waals surface area (Å²) in [4.78, 5) is 8.87. The van der Waals surface area contributed by atoms with E-state index in [4.69, 9.17) is 9.72 Å². The lowest BCUT2D eigenvalue weighted by Gasteiger charge is -2.22. The van der Waals surface area contributed by atoms with E-state index in [1.807, 2.05) is 11.3 Å². The predicted octanol–water partition coefficient (Wildman–Crippen LogP) is 3.38. The van der Waals surface area contributed by atoms with Crippen molar-refractivity contribution in [3.63, 3.8) is 0 Å². The summed E-state index contributed by atoms with van der Waals surface area (Å²) in [6.45, 7) is 10.5. The minimum Gasteiger partial charge on any atom is -0.383 e. The molecule has 5 heteroatoms. The Bertz CT molecular complexity index is 433. The molecule has 21 heavy (non-hydrogen) atoms. The Morgan fingerprint density at radius 1 is 1.48 bits per heavy atom. The van der Waals surface area contributed by atoms with E-state index in [2.05, 4.69) is 31.0 Å². The third kappa shape index (κ3) is 4.18. The van der Waals surface area contributed by atoms with Crippen molar-refractivity contribution in [2.24, 2.45) is 0 Å². The van der Waals surface area contributed by atoms with Crippen molar-refractivity contribution in [2.75, 3.05) is 31.7 Å². The molecule has 2 heterocycles. The summed E-state index contributed by atoms with van der Waals surface area (Å²) in [5.41, 5.74) is 1.27. The van der Waals surface area contributed by atoms with E-state index in [-0.39, 0.29) is 0 Å². The highest BCUT2D eigenvalue weighted by Gasteiger charge is 2.27. The van der Waals surface area contributed by atoms with E-state index in [0.717, 1.165) is 19.7 Å². The highest BCUT2D eigenvalue weighted by molar-refractivity contribution is 7.15. The fraction of sp³-hybridized carbons (Fsp3) is 0.812. The zero-order chi connectivity index (χ0) is 15.2. The second-order valence-corrected chi connectivity index (χ2v) is 7.09. The summed E-state index contributed by atoms with van der Waals surface area (Å²) in [6.07, 6.45) is 3.84. The molecule has 1 fully saturated rings. The number of thiazole rings is 1. The summed E-state index contributed by atoms with van der Waals surface area (Å²) >= 11 is 1.87. The topological polar surface area (TPSA) is 37.4 Å². The van der Waals surface area contributed by atoms with Gasteiger partial charge in [0.25, 0.3) is 0 Å². The van der Waals surface area contributed by atoms with Crippen molar-refractivity contribution in [3.05, 3.63) is 10.6 Å². The van der Waals surface area contributed by atoms with Crippen LogP contribution in [0.3, 0.4) is 0 Å². The first kappa shape index (κ1) is 16.7. The van der Waals surface area contributed by atoms with Crippen molar-refractivity contribution >= 4 is 16.5 Å². The zero-order valence-electron chi connectivity index (χ0n) is 13.8. The lowest BCUT2D eigenvalue weighted by Crippen LogP contribution is -2.28. The van der Waals surface area contributed by atoms with Crippen LogP contribution in [-0.4, -0.2) is 37.8 Å². The van der Waals surface area contributed by atoms with Gasteiger partial charge in [-0.1, -0.05) is 20.8 Å². The van der Waals surface area contributed by atoms with Crippen LogP contribution < -0.4 is 10.2 Å². The normalized spacial score (nSPS) is 18.9. The highest BCUT2D eigenvalue weighted by atomic mass is 32.1. The van der Waals surface area contributed by atoms with E-state index < -0.39 is 0 Å². The molecule has 1 aliphatic heterocycles. The lowest BCUT2D eigenvalue weighted by atomic mass is 10.1. The fourth-order valence-corrected chi connectivity index (χ4v) is 4.22. The first-order valence-corrected chi connectivity index (χ1v) is 8.94. The van der Waals surface area contributed by atoms with Gasteiger partial charge in [-0.05, 0) is 25.2 Å². The number of hydrogen-bond donors (Lipinski definition) is 1. The number of nitrogens with zero attached hydrogens (tertiary/aromatic N) is 2. The zero-order valence-corrected chi connectivity index (χ0v) is 14.6. The second-order valence-electron chi connectivity index (χ2n) is 6.03. The molecule has 1 N–H and O–H groups in total. The molecule has 0 bridgehead atoms. The number of nitrogens with one attached hydrogen (secondary N) is 1. The summed E-state index contributed by atoms with van der Waals surface area (Å²) in [5.74, 6) is 0.483. The average Bonchev–Trinajstić information content (AvgIpc) is 3.09. The number of rotatable bonds is 8. The van der Waals surface area contributed by atoms with Gasteiger partial charge >= 0.3 is 0 Å². The van der Waals surface area contributed by atoms with Crippen LogP contribution in [0.5, 0.6) is 0 Å². The van der Waals surface area contributed by atoms with Crippen LogP contribution in [0.2, 0.25) is 0 Å². The van der Waals surface area contributed by atoms with Crippen molar-refractivity contribution in [1.29, 1.82) is 0 Å². The van der Waals surface area contributed by atoms with E-state index in [1.54, 1.807) is 7.11 Å². The minimum absolute atomic E-state index is 0.483. The molecular weight excluding hydrogens is 282 g/mol. The highest BCUT2D eigenvalue weighted by Crippen LogP contribution is 2.35. The van der Waals surface area contributed by atoms with Crippen LogP contribution in [0.4, 0.5) is 5.13 Å². The van der Waals surface area contributed by atoms with E-state index in [1.165, 1.54) is 41.5 Å². The molecule has 1 atom stereocenters. The Kier molecular flexibility index (Phi) is 6.45. The van der Waals surface area contributed by atoms with Crippen molar-refractivity contribution in [2.45, 2.75) is 58.5 Å². The molecule has 1 saturated heterocycles. The average molecular weight is 311 g/mol. The smallest absolute Gasteiger partial charge is 0.186 e. The summed E-state index contributed by atoms with van der Waals surface area (Å²) in [6, 6.07) is 0.686. The van der Waals surface area contributed by atoms with Crippen LogP contribution in [0, 0.1) is 0 Å². The molecule has 1 aromatic rings. The number of aromatic nitrogens is 1. The molecule has 1 aliphatic rings. The minimum atomic E-state index is 0.483. The molecular formula is C16H29N3OS. The first-order chi connectivity index (χ1) is 10.2. The van der Waals surface area contributed by atoms with Gasteiger partial charge in [0.15, 0.2) is 5.13 Å². The fourth-order valence-electron chi connectivity index (χ4n) is 2.94. The molecule has 120 valence electrons. The molecule has 2 rings (SSSR count). The third-order valence-electron chi connectivity index (χ3n) is 4.13. The van der Waals surface area contributed by atoms with Gasteiger partial charge in [-0.2, -0.15) is 0 Å². The number of ether oxygens (including phenoxy) is 1. The molecule has 0 aliphatic carbocycles. The van der Waals surface area contributed by atoms with E-state index in [9.17, 15) is 0 Å². The van der Waals surface area contributed by atoms with Gasteiger partial charge in [-0.25, -0.2) is 4.98 Å². The lowest BCUT2D eigenvalue weighted by molar-refractivity contribution is 0.199. The maximum atomic E-state index is 5.09. The quantitative estimate of drug-likeness (QED) is 0.747. The molecule has 4 nitrogen and oxygen atoms in total. The van der Waals surface area contributed by atoms with Crippen LogP contribution in [0.1, 0.15) is 56.5 Å². The van der Waals surface area contributed by atoms with Crippen LogP contribution >= 0.6 is 11.3 Å². The van der Waals surface area contributed by atoms with Gasteiger partial charge in [0, 0.05) is 37.7 Å². The summed E-state index contributed by atoms with van der Waals surface area (Å²) in [7, 11) is 1.74. The Morgan fingerprint density at radius 3 is 2.95 bits per heavy atom. The molecule has 0 aromatic carbocycles. The standard InChI is InChI=1S/C16H29N3OS/c1-5-13-7-6-9-19(13)16-18-15(12(2)3)14(21-16)11-17-8-10-20-4/h12-13,17H,5-11H2,1-4H3. The number of anilines is 1. The number of methoxy groups -OCH3 is 1. The molecule has 0 spiro atoms. The van der Waals surface area contributed by atoms with Crippen molar-refractivity contribution in [3.8, 4) is 0 Å². The molecule has 1 unspecified atom stereocenters. The van der Waals surface area contributed by atoms with Gasteiger partial charge < -0.3 is 15.0 Å². The second kappa shape index (κ2) is 8.11. The van der Waals surface area contributed by atoms with Gasteiger partial charge in [0.1, 0.15) is 0 Å². The van der Waals surface area contributed by atoms with Crippen LogP contribution in [0.25, 0.3) is 0 Å². The van der Waals surface area contributed by atoms with Crippen LogP contribution in [0.15, 0.2) is 0 Å². The molecule has 0 amide bonds. The molecule has 0 saturated carbocycles. The van der Waals surface area contributed by atoms with Crippen molar-refractivity contribution in [1.82, 2.24) is 10.3 Å². The predicted molar refractivity (Wildman–Crippen MR) is 90.4 cm³/mol. The van der Waals surface area contributed by atoms with Gasteiger partial charge in [-0.15, -0.1) is 11.3 Å². The Labute approximate surface area is 132 Å². The monoisotopic (exact) mass is 311 g/mol. The number of hydrogen-bond acceptors (Lipinski definition) is 5. The Morgan fingerprint density at radius 2 is 2.29 bits per heavy atom. The van der Waals surface area contributed by atoms with Gasteiger partial charge in [0.2, 0.25) is 0 Å². The van der Waals surface area contributed by atoms with Gasteiger partial charge in [-0.3, -0.25) is 0 Å². The van der Waals surface area contributed by atoms with E-state index in [0.29, 0.717) is 12.0 Å². The third-order valence-corrected chi connectivity index (χ3v) is 5.23. The SMILES string of the molecule is CCC1CCCN1c1nc(C(C)C)c(CNCCOC)s1. The molecule has 1 aromatic heterocycles. The summed E-state index contributed by atoms with van der Waals surface area (Å²) in [5, 5.41) is 4.68. The summed E-state index contributed by atoms with van der Waals surface area (Å²) < 4.78 is 5.09. The van der Waals surface area contributed by atoms with Gasteiger partial charge in [0.05, 0.1) is 12.3 Å². The van der Waals surface area contributed by atoms with Crippen molar-refractivity contribution < 1.29 is 4.74 Å². The largest absolute Gasteiger partial charge is 0.383 e. The maximum absolute atomic E-state index is 5.09. The Balaban J connectivity index is 2.09. The van der Waals surface area contributed by atoms with E-state index >= 15 is 0 Å². The van der Waals surface area contributed by atoms with Crippen LogP contribution in [-0.2, 0) is 11.3 Å². The molecule has 0 radical (unpaired) electrons. The Hall–Kier alpha value is -0.650.